The summed E-state index contributed by atoms with van der Waals surface area (Å²) in [5, 5.41) is 12.5. The van der Waals surface area contributed by atoms with E-state index in [0.717, 1.165) is 42.5 Å². The summed E-state index contributed by atoms with van der Waals surface area (Å²) in [6, 6.07) is 11.3. The molecule has 2 bridgehead atoms. The molecule has 138 valence electrons. The Bertz CT molecular complexity index is 736. The predicted molar refractivity (Wildman–Crippen MR) is 100.0 cm³/mol. The number of benzene rings is 1. The Morgan fingerprint density at radius 1 is 1.00 bits per heavy atom. The predicted octanol–water partition coefficient (Wildman–Crippen LogP) is 2.53. The molecule has 1 aromatic carbocycles. The number of piperazine rings is 1. The van der Waals surface area contributed by atoms with Crippen molar-refractivity contribution in [3.8, 4) is 5.69 Å². The largest absolute Gasteiger partial charge is 0.298 e. The number of tetrazole rings is 1. The Kier molecular flexibility index (Phi) is 4.25. The molecule has 2 heterocycles. The van der Waals surface area contributed by atoms with Crippen LogP contribution in [0.15, 0.2) is 30.3 Å². The third-order valence-corrected chi connectivity index (χ3v) is 6.93. The molecular weight excluding hydrogens is 324 g/mol. The maximum Gasteiger partial charge on any atom is 0.173 e. The lowest BCUT2D eigenvalue weighted by molar-refractivity contribution is 0.0516. The van der Waals surface area contributed by atoms with Crippen LogP contribution in [0.5, 0.6) is 0 Å². The van der Waals surface area contributed by atoms with Crippen LogP contribution in [0.2, 0.25) is 0 Å². The van der Waals surface area contributed by atoms with Gasteiger partial charge in [0.15, 0.2) is 5.82 Å². The Morgan fingerprint density at radius 2 is 1.81 bits per heavy atom. The van der Waals surface area contributed by atoms with Gasteiger partial charge in [0.2, 0.25) is 0 Å². The van der Waals surface area contributed by atoms with Gasteiger partial charge in [-0.3, -0.25) is 9.80 Å². The monoisotopic (exact) mass is 352 g/mol. The van der Waals surface area contributed by atoms with Gasteiger partial charge in [-0.05, 0) is 60.6 Å². The third kappa shape index (κ3) is 2.85. The van der Waals surface area contributed by atoms with E-state index in [-0.39, 0.29) is 6.04 Å². The van der Waals surface area contributed by atoms with E-state index < -0.39 is 0 Å². The Hall–Kier alpha value is -1.79. The molecule has 5 rings (SSSR count). The molecule has 0 radical (unpaired) electrons. The smallest absolute Gasteiger partial charge is 0.173 e. The molecule has 2 aliphatic carbocycles. The molecule has 6 nitrogen and oxygen atoms in total. The van der Waals surface area contributed by atoms with Gasteiger partial charge in [0.1, 0.15) is 0 Å². The fourth-order valence-corrected chi connectivity index (χ4v) is 5.49. The number of rotatable bonds is 4. The van der Waals surface area contributed by atoms with Crippen molar-refractivity contribution in [3.05, 3.63) is 36.2 Å². The summed E-state index contributed by atoms with van der Waals surface area (Å²) in [4.78, 5) is 5.31. The average molecular weight is 352 g/mol. The van der Waals surface area contributed by atoms with Crippen LogP contribution < -0.4 is 0 Å². The zero-order valence-electron chi connectivity index (χ0n) is 15.5. The molecule has 1 saturated heterocycles. The molecule has 0 spiro atoms. The standard InChI is InChI=1S/C20H28N6/c1-15(20-21-22-23-26(20)18-5-3-2-4-6-18)24-9-11-25(12-10-24)19-14-16-7-8-17(19)13-16/h2-6,15-17,19H,7-14H2,1H3. The first-order valence-electron chi connectivity index (χ1n) is 10.1. The summed E-state index contributed by atoms with van der Waals surface area (Å²) in [5.74, 6) is 2.94. The Balaban J connectivity index is 1.25. The molecular formula is C20H28N6. The van der Waals surface area contributed by atoms with Crippen LogP contribution >= 0.6 is 0 Å². The molecule has 1 aliphatic heterocycles. The second kappa shape index (κ2) is 6.74. The van der Waals surface area contributed by atoms with Crippen LogP contribution in [0.1, 0.15) is 44.5 Å². The fraction of sp³-hybridized carbons (Fsp3) is 0.650. The van der Waals surface area contributed by atoms with Gasteiger partial charge in [-0.1, -0.05) is 24.6 Å². The van der Waals surface area contributed by atoms with Crippen LogP contribution in [0.4, 0.5) is 0 Å². The zero-order valence-corrected chi connectivity index (χ0v) is 15.5. The van der Waals surface area contributed by atoms with E-state index in [2.05, 4.69) is 44.4 Å². The lowest BCUT2D eigenvalue weighted by atomic mass is 9.93. The van der Waals surface area contributed by atoms with Gasteiger partial charge in [-0.25, -0.2) is 0 Å². The van der Waals surface area contributed by atoms with E-state index in [9.17, 15) is 0 Å². The van der Waals surface area contributed by atoms with E-state index in [1.54, 1.807) is 0 Å². The number of para-hydroxylation sites is 1. The Labute approximate surface area is 155 Å². The fourth-order valence-electron chi connectivity index (χ4n) is 5.49. The summed E-state index contributed by atoms with van der Waals surface area (Å²) >= 11 is 0. The number of hydrogen-bond acceptors (Lipinski definition) is 5. The molecule has 0 amide bonds. The highest BCUT2D eigenvalue weighted by Gasteiger charge is 2.43. The van der Waals surface area contributed by atoms with Gasteiger partial charge in [0.25, 0.3) is 0 Å². The average Bonchev–Trinajstić information content (AvgIpc) is 3.45. The molecule has 26 heavy (non-hydrogen) atoms. The van der Waals surface area contributed by atoms with Gasteiger partial charge in [0.05, 0.1) is 11.7 Å². The normalized spacial score (nSPS) is 30.7. The highest BCUT2D eigenvalue weighted by Crippen LogP contribution is 2.46. The van der Waals surface area contributed by atoms with Gasteiger partial charge in [-0.15, -0.1) is 5.10 Å². The van der Waals surface area contributed by atoms with E-state index in [4.69, 9.17) is 0 Å². The van der Waals surface area contributed by atoms with Crippen molar-refractivity contribution in [2.75, 3.05) is 26.2 Å². The summed E-state index contributed by atoms with van der Waals surface area (Å²) in [5.41, 5.74) is 1.03. The van der Waals surface area contributed by atoms with Crippen molar-refractivity contribution in [1.82, 2.24) is 30.0 Å². The summed E-state index contributed by atoms with van der Waals surface area (Å²) in [6.45, 7) is 6.82. The maximum atomic E-state index is 4.34. The summed E-state index contributed by atoms with van der Waals surface area (Å²) in [7, 11) is 0. The highest BCUT2D eigenvalue weighted by atomic mass is 15.6. The van der Waals surface area contributed by atoms with Crippen LogP contribution in [0.25, 0.3) is 5.69 Å². The highest BCUT2D eigenvalue weighted by molar-refractivity contribution is 5.30. The topological polar surface area (TPSA) is 50.1 Å². The van der Waals surface area contributed by atoms with Crippen LogP contribution in [0, 0.1) is 11.8 Å². The zero-order chi connectivity index (χ0) is 17.5. The molecule has 2 saturated carbocycles. The number of nitrogens with zero attached hydrogens (tertiary/aromatic N) is 6. The van der Waals surface area contributed by atoms with Crippen LogP contribution in [0.3, 0.4) is 0 Å². The van der Waals surface area contributed by atoms with E-state index in [1.807, 2.05) is 22.9 Å². The maximum absolute atomic E-state index is 4.34. The Morgan fingerprint density at radius 3 is 2.50 bits per heavy atom. The molecule has 4 unspecified atom stereocenters. The molecule has 4 atom stereocenters. The molecule has 6 heteroatoms. The first-order chi connectivity index (χ1) is 12.8. The van der Waals surface area contributed by atoms with Crippen molar-refractivity contribution in [3.63, 3.8) is 0 Å². The minimum atomic E-state index is 0.229. The molecule has 0 N–H and O–H groups in total. The van der Waals surface area contributed by atoms with Gasteiger partial charge in [-0.2, -0.15) is 4.68 Å². The second-order valence-electron chi connectivity index (χ2n) is 8.27. The molecule has 3 fully saturated rings. The van der Waals surface area contributed by atoms with E-state index in [0.29, 0.717) is 0 Å². The first kappa shape index (κ1) is 16.4. The minimum Gasteiger partial charge on any atom is -0.298 e. The number of fused-ring (bicyclic) bond motifs is 2. The van der Waals surface area contributed by atoms with Gasteiger partial charge < -0.3 is 0 Å². The van der Waals surface area contributed by atoms with Crippen molar-refractivity contribution in [2.45, 2.75) is 44.7 Å². The summed E-state index contributed by atoms with van der Waals surface area (Å²) in [6.07, 6.45) is 5.90. The van der Waals surface area contributed by atoms with Crippen molar-refractivity contribution in [2.24, 2.45) is 11.8 Å². The third-order valence-electron chi connectivity index (χ3n) is 6.93. The second-order valence-corrected chi connectivity index (χ2v) is 8.27. The molecule has 2 aromatic rings. The van der Waals surface area contributed by atoms with Gasteiger partial charge in [0, 0.05) is 32.2 Å². The quantitative estimate of drug-likeness (QED) is 0.846. The van der Waals surface area contributed by atoms with Crippen molar-refractivity contribution < 1.29 is 0 Å². The lowest BCUT2D eigenvalue weighted by Crippen LogP contribution is -2.52. The van der Waals surface area contributed by atoms with E-state index in [1.165, 1.54) is 38.8 Å². The number of hydrogen-bond donors (Lipinski definition) is 0. The first-order valence-corrected chi connectivity index (χ1v) is 10.1. The molecule has 3 aliphatic rings. The summed E-state index contributed by atoms with van der Waals surface area (Å²) < 4.78 is 1.88. The molecule has 1 aromatic heterocycles. The minimum absolute atomic E-state index is 0.229. The van der Waals surface area contributed by atoms with Crippen molar-refractivity contribution in [1.29, 1.82) is 0 Å². The van der Waals surface area contributed by atoms with E-state index >= 15 is 0 Å². The van der Waals surface area contributed by atoms with Crippen molar-refractivity contribution >= 4 is 0 Å². The van der Waals surface area contributed by atoms with Crippen LogP contribution in [-0.4, -0.2) is 62.2 Å². The number of aromatic nitrogens is 4. The lowest BCUT2D eigenvalue weighted by Gasteiger charge is -2.42. The SMILES string of the molecule is CC(c1nnnn1-c1ccccc1)N1CCN(C2CC3CCC2C3)CC1. The van der Waals surface area contributed by atoms with Crippen LogP contribution in [-0.2, 0) is 0 Å². The van der Waals surface area contributed by atoms with Gasteiger partial charge >= 0.3 is 0 Å².